The number of carbonyl (C=O) groups excluding carboxylic acids is 2. The molecule has 0 spiro atoms. The van der Waals surface area contributed by atoms with Crippen molar-refractivity contribution in [3.05, 3.63) is 27.8 Å². The first kappa shape index (κ1) is 17.4. The maximum atomic E-state index is 11.9. The second-order valence-corrected chi connectivity index (χ2v) is 4.61. The topological polar surface area (TPSA) is 127 Å². The van der Waals surface area contributed by atoms with Gasteiger partial charge >= 0.3 is 11.7 Å². The molecule has 0 amide bonds. The van der Waals surface area contributed by atoms with E-state index in [2.05, 4.69) is 0 Å². The SMILES string of the molecule is CCCCCCOC(=O)C(=O)c1ccc(O)c(O)c1[N+](=O)[O-]. The van der Waals surface area contributed by atoms with Crippen molar-refractivity contribution in [2.75, 3.05) is 6.61 Å². The molecule has 1 rings (SSSR count). The molecule has 22 heavy (non-hydrogen) atoms. The van der Waals surface area contributed by atoms with Gasteiger partial charge in [-0.15, -0.1) is 0 Å². The molecule has 0 aliphatic heterocycles. The van der Waals surface area contributed by atoms with Crippen LogP contribution in [0.3, 0.4) is 0 Å². The molecular formula is C14H17NO7. The van der Waals surface area contributed by atoms with Gasteiger partial charge in [-0.1, -0.05) is 26.2 Å². The van der Waals surface area contributed by atoms with E-state index in [1.54, 1.807) is 0 Å². The number of nitro groups is 1. The molecule has 0 aliphatic rings. The monoisotopic (exact) mass is 311 g/mol. The van der Waals surface area contributed by atoms with Gasteiger partial charge in [0.25, 0.3) is 5.78 Å². The number of rotatable bonds is 8. The number of esters is 1. The number of hydrogen-bond acceptors (Lipinski definition) is 7. The fourth-order valence-electron chi connectivity index (χ4n) is 1.81. The smallest absolute Gasteiger partial charge is 0.379 e. The Morgan fingerprint density at radius 2 is 1.91 bits per heavy atom. The average Bonchev–Trinajstić information content (AvgIpc) is 2.48. The van der Waals surface area contributed by atoms with E-state index in [0.29, 0.717) is 6.42 Å². The zero-order valence-electron chi connectivity index (χ0n) is 12.1. The van der Waals surface area contributed by atoms with Crippen LogP contribution < -0.4 is 0 Å². The van der Waals surface area contributed by atoms with Crippen LogP contribution in [-0.2, 0) is 9.53 Å². The van der Waals surface area contributed by atoms with Gasteiger partial charge in [-0.25, -0.2) is 4.79 Å². The molecule has 0 radical (unpaired) electrons. The van der Waals surface area contributed by atoms with Crippen LogP contribution in [0.5, 0.6) is 11.5 Å². The molecule has 1 aromatic rings. The van der Waals surface area contributed by atoms with Gasteiger partial charge in [-0.05, 0) is 18.6 Å². The Labute approximate surface area is 126 Å². The van der Waals surface area contributed by atoms with Crippen molar-refractivity contribution in [3.8, 4) is 11.5 Å². The van der Waals surface area contributed by atoms with E-state index in [4.69, 9.17) is 4.74 Å². The number of phenolic OH excluding ortho intramolecular Hbond substituents is 2. The third kappa shape index (κ3) is 4.18. The third-order valence-corrected chi connectivity index (χ3v) is 2.97. The molecule has 0 bridgehead atoms. The van der Waals surface area contributed by atoms with Crippen LogP contribution in [0.4, 0.5) is 5.69 Å². The minimum absolute atomic E-state index is 0.0441. The van der Waals surface area contributed by atoms with Gasteiger partial charge in [0.1, 0.15) is 5.56 Å². The number of nitro benzene ring substituents is 1. The van der Waals surface area contributed by atoms with E-state index in [1.165, 1.54) is 0 Å². The lowest BCUT2D eigenvalue weighted by Crippen LogP contribution is -2.19. The van der Waals surface area contributed by atoms with Crippen LogP contribution in [0.15, 0.2) is 12.1 Å². The predicted molar refractivity (Wildman–Crippen MR) is 75.9 cm³/mol. The molecular weight excluding hydrogens is 294 g/mol. The van der Waals surface area contributed by atoms with Crippen molar-refractivity contribution < 1.29 is 29.5 Å². The number of carbonyl (C=O) groups is 2. The molecule has 0 heterocycles. The average molecular weight is 311 g/mol. The molecule has 0 aliphatic carbocycles. The van der Waals surface area contributed by atoms with Gasteiger partial charge < -0.3 is 14.9 Å². The number of unbranched alkanes of at least 4 members (excludes halogenated alkanes) is 3. The molecule has 0 atom stereocenters. The normalized spacial score (nSPS) is 10.2. The molecule has 120 valence electrons. The molecule has 0 aromatic heterocycles. The first-order valence-electron chi connectivity index (χ1n) is 6.80. The van der Waals surface area contributed by atoms with Crippen LogP contribution in [0.1, 0.15) is 43.0 Å². The Kier molecular flexibility index (Phi) is 6.30. The van der Waals surface area contributed by atoms with E-state index >= 15 is 0 Å². The van der Waals surface area contributed by atoms with E-state index in [1.807, 2.05) is 6.92 Å². The Balaban J connectivity index is 2.83. The Hall–Kier alpha value is -2.64. The van der Waals surface area contributed by atoms with E-state index in [0.717, 1.165) is 31.4 Å². The predicted octanol–water partition coefficient (Wildman–Crippen LogP) is 2.31. The number of ketones is 1. The number of aromatic hydroxyl groups is 2. The summed E-state index contributed by atoms with van der Waals surface area (Å²) in [4.78, 5) is 33.3. The van der Waals surface area contributed by atoms with Crippen molar-refractivity contribution in [1.82, 2.24) is 0 Å². The number of Topliss-reactive ketones (excluding diaryl/α,β-unsaturated/α-hetero) is 1. The van der Waals surface area contributed by atoms with Gasteiger partial charge in [-0.3, -0.25) is 14.9 Å². The molecule has 0 saturated heterocycles. The summed E-state index contributed by atoms with van der Waals surface area (Å²) in [6, 6.07) is 1.79. The molecule has 2 N–H and O–H groups in total. The second-order valence-electron chi connectivity index (χ2n) is 4.61. The Morgan fingerprint density at radius 3 is 2.50 bits per heavy atom. The fourth-order valence-corrected chi connectivity index (χ4v) is 1.81. The van der Waals surface area contributed by atoms with Crippen LogP contribution >= 0.6 is 0 Å². The quantitative estimate of drug-likeness (QED) is 0.143. The number of benzene rings is 1. The number of hydrogen-bond donors (Lipinski definition) is 2. The zero-order valence-corrected chi connectivity index (χ0v) is 12.1. The Morgan fingerprint density at radius 1 is 1.23 bits per heavy atom. The first-order valence-corrected chi connectivity index (χ1v) is 6.80. The van der Waals surface area contributed by atoms with Crippen LogP contribution in [0.2, 0.25) is 0 Å². The van der Waals surface area contributed by atoms with Crippen molar-refractivity contribution in [2.45, 2.75) is 32.6 Å². The highest BCUT2D eigenvalue weighted by Crippen LogP contribution is 2.37. The van der Waals surface area contributed by atoms with Gasteiger partial charge in [0.2, 0.25) is 5.75 Å². The molecule has 0 fully saturated rings. The Bertz CT molecular complexity index is 583. The van der Waals surface area contributed by atoms with Crippen molar-refractivity contribution >= 4 is 17.4 Å². The van der Waals surface area contributed by atoms with E-state index in [-0.39, 0.29) is 6.61 Å². The van der Waals surface area contributed by atoms with Gasteiger partial charge in [0.15, 0.2) is 5.75 Å². The molecule has 8 nitrogen and oxygen atoms in total. The molecule has 0 saturated carbocycles. The van der Waals surface area contributed by atoms with Gasteiger partial charge in [-0.2, -0.15) is 0 Å². The van der Waals surface area contributed by atoms with Crippen molar-refractivity contribution in [2.24, 2.45) is 0 Å². The van der Waals surface area contributed by atoms with Gasteiger partial charge in [0, 0.05) is 0 Å². The molecule has 1 aromatic carbocycles. The third-order valence-electron chi connectivity index (χ3n) is 2.97. The number of phenols is 2. The maximum absolute atomic E-state index is 11.9. The summed E-state index contributed by atoms with van der Waals surface area (Å²) >= 11 is 0. The van der Waals surface area contributed by atoms with Crippen LogP contribution in [0.25, 0.3) is 0 Å². The summed E-state index contributed by atoms with van der Waals surface area (Å²) in [7, 11) is 0. The lowest BCUT2D eigenvalue weighted by Gasteiger charge is -2.06. The second kappa shape index (κ2) is 7.96. The largest absolute Gasteiger partial charge is 0.504 e. The van der Waals surface area contributed by atoms with Crippen molar-refractivity contribution in [1.29, 1.82) is 0 Å². The highest BCUT2D eigenvalue weighted by molar-refractivity contribution is 6.41. The minimum Gasteiger partial charge on any atom is -0.504 e. The highest BCUT2D eigenvalue weighted by Gasteiger charge is 2.31. The summed E-state index contributed by atoms with van der Waals surface area (Å²) in [6.45, 7) is 2.06. The molecule has 0 unspecified atom stereocenters. The summed E-state index contributed by atoms with van der Waals surface area (Å²) in [5.74, 6) is -4.29. The summed E-state index contributed by atoms with van der Waals surface area (Å²) < 4.78 is 4.75. The lowest BCUT2D eigenvalue weighted by atomic mass is 10.1. The van der Waals surface area contributed by atoms with E-state index in [9.17, 15) is 29.9 Å². The summed E-state index contributed by atoms with van der Waals surface area (Å²) in [6.07, 6.45) is 3.42. The number of nitrogens with zero attached hydrogens (tertiary/aromatic N) is 1. The van der Waals surface area contributed by atoms with Crippen LogP contribution in [0, 0.1) is 10.1 Å². The maximum Gasteiger partial charge on any atom is 0.379 e. The summed E-state index contributed by atoms with van der Waals surface area (Å²) in [5, 5.41) is 29.6. The van der Waals surface area contributed by atoms with Crippen molar-refractivity contribution in [3.63, 3.8) is 0 Å². The standard InChI is InChI=1S/C14H17NO7/c1-2-3-4-5-8-22-14(19)12(17)9-6-7-10(16)13(18)11(9)15(20)21/h6-7,16,18H,2-5,8H2,1H3. The fraction of sp³-hybridized carbons (Fsp3) is 0.429. The van der Waals surface area contributed by atoms with E-state index < -0.39 is 39.4 Å². The van der Waals surface area contributed by atoms with Crippen LogP contribution in [-0.4, -0.2) is 33.5 Å². The molecule has 8 heteroatoms. The summed E-state index contributed by atoms with van der Waals surface area (Å²) in [5.41, 5.74) is -1.65. The minimum atomic E-state index is -1.24. The first-order chi connectivity index (χ1) is 10.4. The zero-order chi connectivity index (χ0) is 16.7. The van der Waals surface area contributed by atoms with Gasteiger partial charge in [0.05, 0.1) is 11.5 Å². The lowest BCUT2D eigenvalue weighted by molar-refractivity contribution is -0.386. The number of ether oxygens (including phenoxy) is 1. The highest BCUT2D eigenvalue weighted by atomic mass is 16.6.